The Balaban J connectivity index is 0.000000322. The predicted octanol–water partition coefficient (Wildman–Crippen LogP) is 2.57. The summed E-state index contributed by atoms with van der Waals surface area (Å²) in [5.41, 5.74) is 1.14. The van der Waals surface area contributed by atoms with Crippen molar-refractivity contribution in [1.29, 1.82) is 0 Å². The van der Waals surface area contributed by atoms with Crippen molar-refractivity contribution < 1.29 is 15.0 Å². The summed E-state index contributed by atoms with van der Waals surface area (Å²) in [5.74, 6) is -0.584. The van der Waals surface area contributed by atoms with Gasteiger partial charge in [0.1, 0.15) is 11.3 Å². The summed E-state index contributed by atoms with van der Waals surface area (Å²) in [6.45, 7) is 12.4. The molecule has 0 unspecified atom stereocenters. The van der Waals surface area contributed by atoms with Gasteiger partial charge in [0.25, 0.3) is 0 Å². The van der Waals surface area contributed by atoms with Crippen LogP contribution in [0, 0.1) is 0 Å². The predicted molar refractivity (Wildman–Crippen MR) is 92.8 cm³/mol. The second-order valence-corrected chi connectivity index (χ2v) is 6.18. The molecule has 23 heavy (non-hydrogen) atoms. The van der Waals surface area contributed by atoms with Gasteiger partial charge in [-0.1, -0.05) is 26.8 Å². The molecule has 0 radical (unpaired) electrons. The maximum atomic E-state index is 11.3. The third kappa shape index (κ3) is 4.69. The molecule has 0 bridgehead atoms. The second-order valence-electron chi connectivity index (χ2n) is 6.18. The van der Waals surface area contributed by atoms with Gasteiger partial charge < -0.3 is 15.1 Å². The smallest absolute Gasteiger partial charge is 0.324 e. The zero-order chi connectivity index (χ0) is 17.6. The van der Waals surface area contributed by atoms with Gasteiger partial charge in [-0.3, -0.25) is 9.69 Å². The Morgan fingerprint density at radius 3 is 2.22 bits per heavy atom. The summed E-state index contributed by atoms with van der Waals surface area (Å²) in [6, 6.07) is 5.11. The quantitative estimate of drug-likeness (QED) is 0.892. The Morgan fingerprint density at radius 1 is 1.22 bits per heavy atom. The fourth-order valence-corrected chi connectivity index (χ4v) is 2.78. The van der Waals surface area contributed by atoms with Crippen LogP contribution in [-0.2, 0) is 17.8 Å². The Bertz CT molecular complexity index is 523. The van der Waals surface area contributed by atoms with Gasteiger partial charge in [0.15, 0.2) is 0 Å². The molecule has 1 aliphatic heterocycles. The van der Waals surface area contributed by atoms with Crippen LogP contribution < -0.4 is 0 Å². The van der Waals surface area contributed by atoms with Gasteiger partial charge in [-0.15, -0.1) is 0 Å². The molecule has 2 N–H and O–H groups in total. The average molecular weight is 322 g/mol. The number of hydrogen-bond donors (Lipinski definition) is 2. The van der Waals surface area contributed by atoms with Gasteiger partial charge in [0, 0.05) is 13.0 Å². The number of benzene rings is 1. The minimum atomic E-state index is -0.857. The summed E-state index contributed by atoms with van der Waals surface area (Å²) >= 11 is 0. The van der Waals surface area contributed by atoms with Gasteiger partial charge in [0.05, 0.1) is 0 Å². The van der Waals surface area contributed by atoms with Crippen molar-refractivity contribution in [3.63, 3.8) is 0 Å². The Hall–Kier alpha value is -1.59. The molecule has 0 fully saturated rings. The van der Waals surface area contributed by atoms with Crippen molar-refractivity contribution >= 4 is 5.97 Å². The summed E-state index contributed by atoms with van der Waals surface area (Å²) in [4.78, 5) is 15.4. The lowest BCUT2D eigenvalue weighted by Crippen LogP contribution is -2.54. The summed E-state index contributed by atoms with van der Waals surface area (Å²) in [6.07, 6.45) is 0.467. The molecular weight excluding hydrogens is 292 g/mol. The van der Waals surface area contributed by atoms with Crippen LogP contribution in [0.4, 0.5) is 0 Å². The van der Waals surface area contributed by atoms with Crippen molar-refractivity contribution in [2.75, 3.05) is 26.7 Å². The van der Waals surface area contributed by atoms with Gasteiger partial charge >= 0.3 is 5.97 Å². The molecule has 0 amide bonds. The van der Waals surface area contributed by atoms with Crippen LogP contribution in [0.25, 0.3) is 0 Å². The Labute approximate surface area is 139 Å². The van der Waals surface area contributed by atoms with Crippen LogP contribution >= 0.6 is 0 Å². The Morgan fingerprint density at radius 2 is 1.78 bits per heavy atom. The molecule has 0 aliphatic carbocycles. The number of rotatable bonds is 4. The number of hydrogen-bond acceptors (Lipinski definition) is 4. The van der Waals surface area contributed by atoms with Crippen molar-refractivity contribution in [1.82, 2.24) is 9.80 Å². The van der Waals surface area contributed by atoms with Crippen molar-refractivity contribution in [2.24, 2.45) is 0 Å². The molecule has 0 aromatic heterocycles. The topological polar surface area (TPSA) is 64.0 Å². The fourth-order valence-electron chi connectivity index (χ4n) is 2.78. The minimum absolute atomic E-state index is 0.228. The van der Waals surface area contributed by atoms with E-state index in [4.69, 9.17) is 0 Å². The van der Waals surface area contributed by atoms with E-state index >= 15 is 0 Å². The van der Waals surface area contributed by atoms with Gasteiger partial charge in [-0.05, 0) is 56.9 Å². The molecule has 1 aromatic rings. The van der Waals surface area contributed by atoms with Crippen molar-refractivity contribution in [3.8, 4) is 5.75 Å². The molecule has 0 spiro atoms. The monoisotopic (exact) mass is 322 g/mol. The number of likely N-dealkylation sites (N-methyl/N-ethyl adjacent to an activating group) is 1. The van der Waals surface area contributed by atoms with E-state index in [-0.39, 0.29) is 5.75 Å². The number of fused-ring (bicyclic) bond motifs is 1. The lowest BCUT2D eigenvalue weighted by molar-refractivity contribution is -0.150. The van der Waals surface area contributed by atoms with Crippen LogP contribution in [0.1, 0.15) is 38.8 Å². The molecule has 5 nitrogen and oxygen atoms in total. The van der Waals surface area contributed by atoms with E-state index in [0.717, 1.165) is 11.1 Å². The standard InChI is InChI=1S/C12H15NO3.C6H15N/c1-12(11(15)16)6-8-3-4-10(14)5-9(8)7-13(12)2;1-4-7(5-2)6-3/h3-5,14H,6-7H2,1-2H3,(H,15,16);4-6H2,1-3H3/t12-;/m1./s1. The average Bonchev–Trinajstić information content (AvgIpc) is 2.51. The van der Waals surface area contributed by atoms with Crippen LogP contribution in [-0.4, -0.2) is 58.2 Å². The molecule has 1 heterocycles. The maximum absolute atomic E-state index is 11.3. The number of carbonyl (C=O) groups is 1. The van der Waals surface area contributed by atoms with E-state index in [1.165, 1.54) is 19.6 Å². The second kappa shape index (κ2) is 8.31. The third-order valence-electron chi connectivity index (χ3n) is 4.78. The van der Waals surface area contributed by atoms with E-state index in [9.17, 15) is 15.0 Å². The summed E-state index contributed by atoms with van der Waals surface area (Å²) in [5, 5.41) is 18.6. The van der Waals surface area contributed by atoms with Gasteiger partial charge in [-0.25, -0.2) is 0 Å². The Kier molecular flexibility index (Phi) is 7.03. The van der Waals surface area contributed by atoms with Gasteiger partial charge in [0.2, 0.25) is 0 Å². The molecule has 1 aliphatic rings. The van der Waals surface area contributed by atoms with Gasteiger partial charge in [-0.2, -0.15) is 0 Å². The van der Waals surface area contributed by atoms with E-state index < -0.39 is 11.5 Å². The highest BCUT2D eigenvalue weighted by Crippen LogP contribution is 2.31. The number of carboxylic acid groups (broad SMARTS) is 1. The molecule has 0 saturated carbocycles. The third-order valence-corrected chi connectivity index (χ3v) is 4.78. The number of nitrogens with zero attached hydrogens (tertiary/aromatic N) is 2. The lowest BCUT2D eigenvalue weighted by atomic mass is 9.84. The van der Waals surface area contributed by atoms with E-state index in [1.807, 2.05) is 0 Å². The number of phenols is 1. The van der Waals surface area contributed by atoms with E-state index in [2.05, 4.69) is 25.7 Å². The van der Waals surface area contributed by atoms with Crippen LogP contribution in [0.5, 0.6) is 5.75 Å². The maximum Gasteiger partial charge on any atom is 0.324 e. The zero-order valence-corrected chi connectivity index (χ0v) is 15.0. The molecule has 130 valence electrons. The first-order valence-electron chi connectivity index (χ1n) is 8.26. The molecule has 1 aromatic carbocycles. The molecule has 1 atom stereocenters. The number of phenolic OH excluding ortho intramolecular Hbond substituents is 1. The number of aromatic hydroxyl groups is 1. The minimum Gasteiger partial charge on any atom is -0.508 e. The first-order valence-corrected chi connectivity index (χ1v) is 8.26. The highest BCUT2D eigenvalue weighted by atomic mass is 16.4. The molecule has 2 rings (SSSR count). The first kappa shape index (κ1) is 19.5. The summed E-state index contributed by atoms with van der Waals surface area (Å²) in [7, 11) is 1.79. The van der Waals surface area contributed by atoms with Crippen LogP contribution in [0.15, 0.2) is 18.2 Å². The zero-order valence-electron chi connectivity index (χ0n) is 15.0. The highest BCUT2D eigenvalue weighted by molar-refractivity contribution is 5.79. The summed E-state index contributed by atoms with van der Waals surface area (Å²) < 4.78 is 0. The lowest BCUT2D eigenvalue weighted by Gasteiger charge is -2.40. The van der Waals surface area contributed by atoms with Crippen LogP contribution in [0.2, 0.25) is 0 Å². The first-order chi connectivity index (χ1) is 10.8. The normalized spacial score (nSPS) is 20.6. The van der Waals surface area contributed by atoms with Crippen molar-refractivity contribution in [3.05, 3.63) is 29.3 Å². The van der Waals surface area contributed by atoms with Crippen molar-refractivity contribution in [2.45, 2.75) is 46.2 Å². The molecular formula is C18H30N2O3. The highest BCUT2D eigenvalue weighted by Gasteiger charge is 2.41. The van der Waals surface area contributed by atoms with E-state index in [1.54, 1.807) is 37.1 Å². The fraction of sp³-hybridized carbons (Fsp3) is 0.611. The molecule has 5 heteroatoms. The largest absolute Gasteiger partial charge is 0.508 e. The van der Waals surface area contributed by atoms with E-state index in [0.29, 0.717) is 13.0 Å². The number of aliphatic carboxylic acids is 1. The SMILES string of the molecule is CCN(CC)CC.CN1Cc2cc(O)ccc2C[C@]1(C)C(=O)O. The molecule has 0 saturated heterocycles. The number of carboxylic acids is 1. The van der Waals surface area contributed by atoms with Crippen LogP contribution in [0.3, 0.4) is 0 Å².